The molecule has 1 saturated carbocycles. The summed E-state index contributed by atoms with van der Waals surface area (Å²) in [6, 6.07) is 9.45. The largest absolute Gasteiger partial charge is 0.462 e. The molecular weight excluding hydrogens is 478 g/mol. The van der Waals surface area contributed by atoms with E-state index in [1.807, 2.05) is 48.7 Å². The number of hydrogen-bond acceptors (Lipinski definition) is 8. The van der Waals surface area contributed by atoms with Gasteiger partial charge in [-0.1, -0.05) is 47.6 Å². The number of nitrogens with zero attached hydrogens (tertiary/aromatic N) is 5. The third kappa shape index (κ3) is 6.71. The summed E-state index contributed by atoms with van der Waals surface area (Å²) in [4.78, 5) is 21.4. The van der Waals surface area contributed by atoms with Gasteiger partial charge in [0.1, 0.15) is 11.9 Å². The van der Waals surface area contributed by atoms with Crippen LogP contribution in [0.1, 0.15) is 49.3 Å². The van der Waals surface area contributed by atoms with Crippen molar-refractivity contribution in [3.8, 4) is 5.69 Å². The van der Waals surface area contributed by atoms with Crippen molar-refractivity contribution in [2.24, 2.45) is 0 Å². The van der Waals surface area contributed by atoms with Crippen LogP contribution in [0.5, 0.6) is 0 Å². The maximum Gasteiger partial charge on any atom is 0.316 e. The summed E-state index contributed by atoms with van der Waals surface area (Å²) >= 11 is 9.07. The van der Waals surface area contributed by atoms with Crippen LogP contribution in [0.25, 0.3) is 5.69 Å². The van der Waals surface area contributed by atoms with Crippen LogP contribution in [0, 0.1) is 13.8 Å². The van der Waals surface area contributed by atoms with Crippen LogP contribution in [-0.2, 0) is 15.3 Å². The molecule has 2 heterocycles. The van der Waals surface area contributed by atoms with Crippen molar-refractivity contribution in [1.29, 1.82) is 0 Å². The van der Waals surface area contributed by atoms with Gasteiger partial charge in [0.25, 0.3) is 0 Å². The van der Waals surface area contributed by atoms with Gasteiger partial charge in [-0.15, -0.1) is 10.2 Å². The number of benzene rings is 1. The molecule has 0 radical (unpaired) electrons. The molecule has 174 valence electrons. The second kappa shape index (κ2) is 11.4. The second-order valence-electron chi connectivity index (χ2n) is 7.97. The van der Waals surface area contributed by atoms with E-state index in [0.717, 1.165) is 48.6 Å². The number of rotatable bonds is 8. The molecule has 1 aliphatic rings. The molecule has 0 aliphatic heterocycles. The van der Waals surface area contributed by atoms with Crippen LogP contribution in [0.3, 0.4) is 0 Å². The maximum absolute atomic E-state index is 12.4. The van der Waals surface area contributed by atoms with Crippen molar-refractivity contribution < 1.29 is 9.53 Å². The molecule has 0 atom stereocenters. The fourth-order valence-electron chi connectivity index (χ4n) is 3.78. The van der Waals surface area contributed by atoms with Crippen LogP contribution in [-0.4, -0.2) is 42.6 Å². The SMILES string of the molecule is Cc1cc(C)nc(SCc2nnc(SCC(=O)OC3CCCCC3)n2-c2cccc(Cl)c2)n1. The van der Waals surface area contributed by atoms with E-state index in [0.29, 0.717) is 21.1 Å². The minimum Gasteiger partial charge on any atom is -0.462 e. The average Bonchev–Trinajstić information content (AvgIpc) is 3.19. The zero-order valence-corrected chi connectivity index (χ0v) is 21.0. The fourth-order valence-corrected chi connectivity index (χ4v) is 5.58. The molecule has 1 aromatic carbocycles. The predicted molar refractivity (Wildman–Crippen MR) is 131 cm³/mol. The quantitative estimate of drug-likeness (QED) is 0.223. The number of carbonyl (C=O) groups excluding carboxylic acids is 1. The predicted octanol–water partition coefficient (Wildman–Crippen LogP) is 5.59. The summed E-state index contributed by atoms with van der Waals surface area (Å²) in [7, 11) is 0. The molecule has 0 N–H and O–H groups in total. The minimum atomic E-state index is -0.216. The van der Waals surface area contributed by atoms with Gasteiger partial charge in [-0.25, -0.2) is 9.97 Å². The molecule has 0 spiro atoms. The molecule has 3 aromatic rings. The summed E-state index contributed by atoms with van der Waals surface area (Å²) in [5.74, 6) is 1.22. The number of aryl methyl sites for hydroxylation is 2. The number of aromatic nitrogens is 5. The fraction of sp³-hybridized carbons (Fsp3) is 0.435. The van der Waals surface area contributed by atoms with Gasteiger partial charge >= 0.3 is 5.97 Å². The van der Waals surface area contributed by atoms with Crippen molar-refractivity contribution in [3.63, 3.8) is 0 Å². The standard InChI is InChI=1S/C23H26ClN5O2S2/c1-15-11-16(2)26-22(25-15)32-13-20-27-28-23(29(20)18-8-6-7-17(24)12-18)33-14-21(30)31-19-9-4-3-5-10-19/h6-8,11-12,19H,3-5,9-10,13-14H2,1-2H3. The molecule has 7 nitrogen and oxygen atoms in total. The van der Waals surface area contributed by atoms with E-state index in [1.54, 1.807) is 0 Å². The van der Waals surface area contributed by atoms with E-state index >= 15 is 0 Å². The highest BCUT2D eigenvalue weighted by Crippen LogP contribution is 2.28. The minimum absolute atomic E-state index is 0.0439. The number of hydrogen-bond donors (Lipinski definition) is 0. The van der Waals surface area contributed by atoms with Crippen LogP contribution in [0.4, 0.5) is 0 Å². The van der Waals surface area contributed by atoms with Crippen molar-refractivity contribution in [3.05, 3.63) is 52.6 Å². The molecule has 33 heavy (non-hydrogen) atoms. The molecule has 0 bridgehead atoms. The number of ether oxygens (including phenoxy) is 1. The second-order valence-corrected chi connectivity index (χ2v) is 10.3. The summed E-state index contributed by atoms with van der Waals surface area (Å²) in [5, 5.41) is 10.7. The Balaban J connectivity index is 1.50. The van der Waals surface area contributed by atoms with Gasteiger partial charge < -0.3 is 4.74 Å². The third-order valence-electron chi connectivity index (χ3n) is 5.23. The van der Waals surface area contributed by atoms with Gasteiger partial charge in [0.2, 0.25) is 0 Å². The molecule has 0 amide bonds. The first-order valence-corrected chi connectivity index (χ1v) is 13.3. The highest BCUT2D eigenvalue weighted by Gasteiger charge is 2.20. The Kier molecular flexibility index (Phi) is 8.27. The van der Waals surface area contributed by atoms with Crippen LogP contribution in [0.15, 0.2) is 40.6 Å². The van der Waals surface area contributed by atoms with Crippen molar-refractivity contribution in [2.45, 2.75) is 68.1 Å². The molecule has 0 saturated heterocycles. The lowest BCUT2D eigenvalue weighted by atomic mass is 9.98. The summed E-state index contributed by atoms with van der Waals surface area (Å²) in [6.45, 7) is 3.91. The van der Waals surface area contributed by atoms with E-state index in [-0.39, 0.29) is 17.8 Å². The maximum atomic E-state index is 12.4. The molecule has 2 aromatic heterocycles. The Labute approximate surface area is 207 Å². The number of esters is 1. The van der Waals surface area contributed by atoms with E-state index in [2.05, 4.69) is 20.2 Å². The van der Waals surface area contributed by atoms with Gasteiger partial charge in [0.15, 0.2) is 10.3 Å². The molecule has 1 aliphatic carbocycles. The summed E-state index contributed by atoms with van der Waals surface area (Å²) in [6.07, 6.45) is 5.43. The first-order chi connectivity index (χ1) is 16.0. The van der Waals surface area contributed by atoms with Gasteiger partial charge in [0.05, 0.1) is 17.2 Å². The Morgan fingerprint density at radius 2 is 1.85 bits per heavy atom. The van der Waals surface area contributed by atoms with Crippen molar-refractivity contribution in [2.75, 3.05) is 5.75 Å². The van der Waals surface area contributed by atoms with Gasteiger partial charge in [0, 0.05) is 16.4 Å². The Morgan fingerprint density at radius 1 is 1.09 bits per heavy atom. The Hall–Kier alpha value is -2.10. The van der Waals surface area contributed by atoms with Crippen LogP contribution >= 0.6 is 35.1 Å². The number of thioether (sulfide) groups is 2. The Morgan fingerprint density at radius 3 is 2.58 bits per heavy atom. The molecule has 0 unspecified atom stereocenters. The van der Waals surface area contributed by atoms with Crippen LogP contribution in [0.2, 0.25) is 5.02 Å². The van der Waals surface area contributed by atoms with E-state index in [9.17, 15) is 4.79 Å². The zero-order chi connectivity index (χ0) is 23.2. The molecular formula is C23H26ClN5O2S2. The third-order valence-corrected chi connectivity index (χ3v) is 7.21. The first-order valence-electron chi connectivity index (χ1n) is 11.0. The summed E-state index contributed by atoms with van der Waals surface area (Å²) in [5.41, 5.74) is 2.69. The zero-order valence-electron chi connectivity index (χ0n) is 18.7. The van der Waals surface area contributed by atoms with Crippen molar-refractivity contribution in [1.82, 2.24) is 24.7 Å². The van der Waals surface area contributed by atoms with E-state index in [1.165, 1.54) is 29.9 Å². The normalized spacial score (nSPS) is 14.4. The van der Waals surface area contributed by atoms with Gasteiger partial charge in [-0.3, -0.25) is 9.36 Å². The van der Waals surface area contributed by atoms with Crippen molar-refractivity contribution >= 4 is 41.1 Å². The average molecular weight is 504 g/mol. The molecule has 10 heteroatoms. The lowest BCUT2D eigenvalue weighted by Gasteiger charge is -2.21. The van der Waals surface area contributed by atoms with E-state index < -0.39 is 0 Å². The highest BCUT2D eigenvalue weighted by atomic mass is 35.5. The van der Waals surface area contributed by atoms with Crippen LogP contribution < -0.4 is 0 Å². The Bertz CT molecular complexity index is 1100. The smallest absolute Gasteiger partial charge is 0.316 e. The molecule has 4 rings (SSSR count). The lowest BCUT2D eigenvalue weighted by Crippen LogP contribution is -2.22. The monoisotopic (exact) mass is 503 g/mol. The topological polar surface area (TPSA) is 82.8 Å². The highest BCUT2D eigenvalue weighted by molar-refractivity contribution is 7.99. The molecule has 1 fully saturated rings. The van der Waals surface area contributed by atoms with Gasteiger partial charge in [-0.05, 0) is 63.8 Å². The number of halogens is 1. The van der Waals surface area contributed by atoms with Gasteiger partial charge in [-0.2, -0.15) is 0 Å². The summed E-state index contributed by atoms with van der Waals surface area (Å²) < 4.78 is 7.58. The number of carbonyl (C=O) groups is 1. The van der Waals surface area contributed by atoms with E-state index in [4.69, 9.17) is 16.3 Å². The lowest BCUT2D eigenvalue weighted by molar-refractivity contribution is -0.147. The first kappa shape index (κ1) is 24.0.